The standard InChI is InChI=1S/C17H14N2O5S/c1-24-16-11-13(19(20)21)9-10-17(16)25(22,23)18-15-8-4-6-12-5-2-3-7-14(12)15/h2-11,18H,1H3. The third kappa shape index (κ3) is 3.24. The van der Waals surface area contributed by atoms with Crippen LogP contribution in [0.3, 0.4) is 0 Å². The first kappa shape index (κ1) is 16.7. The number of hydrogen-bond donors (Lipinski definition) is 1. The highest BCUT2D eigenvalue weighted by Crippen LogP contribution is 2.31. The average Bonchev–Trinajstić information content (AvgIpc) is 2.61. The van der Waals surface area contributed by atoms with Crippen LogP contribution in [0.5, 0.6) is 5.75 Å². The molecule has 3 aromatic carbocycles. The van der Waals surface area contributed by atoms with Gasteiger partial charge in [0, 0.05) is 11.5 Å². The van der Waals surface area contributed by atoms with E-state index in [9.17, 15) is 18.5 Å². The topological polar surface area (TPSA) is 98.5 Å². The summed E-state index contributed by atoms with van der Waals surface area (Å²) in [6.07, 6.45) is 0. The van der Waals surface area contributed by atoms with E-state index in [1.54, 1.807) is 18.2 Å². The molecule has 3 aromatic rings. The molecule has 0 saturated heterocycles. The quantitative estimate of drug-likeness (QED) is 0.555. The molecule has 0 aromatic heterocycles. The minimum atomic E-state index is -3.99. The second kappa shape index (κ2) is 6.40. The van der Waals surface area contributed by atoms with Crippen LogP contribution in [0.15, 0.2) is 65.6 Å². The van der Waals surface area contributed by atoms with E-state index in [1.807, 2.05) is 24.3 Å². The lowest BCUT2D eigenvalue weighted by Gasteiger charge is -2.13. The first-order valence-corrected chi connectivity index (χ1v) is 8.74. The van der Waals surface area contributed by atoms with E-state index in [1.165, 1.54) is 7.11 Å². The number of nitrogens with zero attached hydrogens (tertiary/aromatic N) is 1. The third-order valence-corrected chi connectivity index (χ3v) is 5.09. The second-order valence-corrected chi connectivity index (χ2v) is 6.88. The van der Waals surface area contributed by atoms with Gasteiger partial charge in [0.25, 0.3) is 15.7 Å². The fourth-order valence-corrected chi connectivity index (χ4v) is 3.74. The van der Waals surface area contributed by atoms with Crippen LogP contribution in [0.25, 0.3) is 10.8 Å². The number of anilines is 1. The second-order valence-electron chi connectivity index (χ2n) is 5.22. The summed E-state index contributed by atoms with van der Waals surface area (Å²) in [6, 6.07) is 16.0. The number of nitrogens with one attached hydrogen (secondary N) is 1. The largest absolute Gasteiger partial charge is 0.495 e. The van der Waals surface area contributed by atoms with Gasteiger partial charge in [-0.25, -0.2) is 8.42 Å². The van der Waals surface area contributed by atoms with Gasteiger partial charge in [-0.15, -0.1) is 0 Å². The van der Waals surface area contributed by atoms with Crippen molar-refractivity contribution in [2.24, 2.45) is 0 Å². The number of methoxy groups -OCH3 is 1. The van der Waals surface area contributed by atoms with Crippen molar-refractivity contribution in [1.29, 1.82) is 0 Å². The summed E-state index contributed by atoms with van der Waals surface area (Å²) in [5.74, 6) is -0.0954. The van der Waals surface area contributed by atoms with Gasteiger partial charge in [0.15, 0.2) is 0 Å². The van der Waals surface area contributed by atoms with Crippen molar-refractivity contribution in [3.8, 4) is 5.75 Å². The van der Waals surface area contributed by atoms with Crippen molar-refractivity contribution in [2.75, 3.05) is 11.8 Å². The molecule has 7 nitrogen and oxygen atoms in total. The number of hydrogen-bond acceptors (Lipinski definition) is 5. The van der Waals surface area contributed by atoms with Crippen LogP contribution < -0.4 is 9.46 Å². The van der Waals surface area contributed by atoms with Crippen molar-refractivity contribution in [2.45, 2.75) is 4.90 Å². The van der Waals surface area contributed by atoms with Crippen LogP contribution in [0.1, 0.15) is 0 Å². The smallest absolute Gasteiger partial charge is 0.273 e. The summed E-state index contributed by atoms with van der Waals surface area (Å²) in [5, 5.41) is 12.5. The molecule has 0 aliphatic carbocycles. The van der Waals surface area contributed by atoms with Gasteiger partial charge in [-0.2, -0.15) is 0 Å². The Labute approximate surface area is 144 Å². The Hall–Kier alpha value is -3.13. The minimum absolute atomic E-state index is 0.0954. The van der Waals surface area contributed by atoms with Crippen LogP contribution in [-0.4, -0.2) is 20.5 Å². The summed E-state index contributed by atoms with van der Waals surface area (Å²) >= 11 is 0. The van der Waals surface area contributed by atoms with Gasteiger partial charge in [0.1, 0.15) is 10.6 Å². The molecule has 0 bridgehead atoms. The molecule has 0 unspecified atom stereocenters. The van der Waals surface area contributed by atoms with E-state index in [0.29, 0.717) is 5.69 Å². The first-order valence-electron chi connectivity index (χ1n) is 7.25. The minimum Gasteiger partial charge on any atom is -0.495 e. The summed E-state index contributed by atoms with van der Waals surface area (Å²) in [7, 11) is -2.73. The van der Waals surface area contributed by atoms with E-state index >= 15 is 0 Å². The highest BCUT2D eigenvalue weighted by Gasteiger charge is 2.23. The monoisotopic (exact) mass is 358 g/mol. The summed E-state index contributed by atoms with van der Waals surface area (Å²) in [5.41, 5.74) is 0.166. The van der Waals surface area contributed by atoms with Crippen LogP contribution in [0.4, 0.5) is 11.4 Å². The number of benzene rings is 3. The van der Waals surface area contributed by atoms with Crippen LogP contribution in [0.2, 0.25) is 0 Å². The normalized spacial score (nSPS) is 11.2. The van der Waals surface area contributed by atoms with Crippen LogP contribution >= 0.6 is 0 Å². The molecule has 1 N–H and O–H groups in total. The number of non-ortho nitro benzene ring substituents is 1. The molecular weight excluding hydrogens is 344 g/mol. The van der Waals surface area contributed by atoms with Crippen molar-refractivity contribution in [3.63, 3.8) is 0 Å². The lowest BCUT2D eigenvalue weighted by Crippen LogP contribution is -2.14. The maximum atomic E-state index is 12.7. The van der Waals surface area contributed by atoms with E-state index in [2.05, 4.69) is 4.72 Å². The van der Waals surface area contributed by atoms with Crippen molar-refractivity contribution < 1.29 is 18.1 Å². The van der Waals surface area contributed by atoms with Gasteiger partial charge in [0.05, 0.1) is 23.8 Å². The lowest BCUT2D eigenvalue weighted by molar-refractivity contribution is -0.385. The fraction of sp³-hybridized carbons (Fsp3) is 0.0588. The number of ether oxygens (including phenoxy) is 1. The van der Waals surface area contributed by atoms with Gasteiger partial charge in [-0.1, -0.05) is 36.4 Å². The fourth-order valence-electron chi connectivity index (χ4n) is 2.51. The number of fused-ring (bicyclic) bond motifs is 1. The molecule has 0 amide bonds. The molecule has 0 saturated carbocycles. The maximum Gasteiger partial charge on any atom is 0.273 e. The number of rotatable bonds is 5. The van der Waals surface area contributed by atoms with Crippen molar-refractivity contribution >= 4 is 32.2 Å². The molecule has 25 heavy (non-hydrogen) atoms. The Kier molecular flexibility index (Phi) is 4.28. The van der Waals surface area contributed by atoms with E-state index in [0.717, 1.165) is 29.0 Å². The van der Waals surface area contributed by atoms with E-state index in [-0.39, 0.29) is 16.3 Å². The Morgan fingerprint density at radius 2 is 1.76 bits per heavy atom. The maximum absolute atomic E-state index is 12.7. The zero-order chi connectivity index (χ0) is 18.0. The highest BCUT2D eigenvalue weighted by atomic mass is 32.2. The number of sulfonamides is 1. The Morgan fingerprint density at radius 3 is 2.48 bits per heavy atom. The van der Waals surface area contributed by atoms with Gasteiger partial charge < -0.3 is 4.74 Å². The molecule has 3 rings (SSSR count). The SMILES string of the molecule is COc1cc([N+](=O)[O-])ccc1S(=O)(=O)Nc1cccc2ccccc12. The molecular formula is C17H14N2O5S. The Morgan fingerprint density at radius 1 is 1.04 bits per heavy atom. The van der Waals surface area contributed by atoms with Crippen LogP contribution in [-0.2, 0) is 10.0 Å². The average molecular weight is 358 g/mol. The zero-order valence-electron chi connectivity index (χ0n) is 13.2. The van der Waals surface area contributed by atoms with Gasteiger partial charge in [-0.3, -0.25) is 14.8 Å². The van der Waals surface area contributed by atoms with Gasteiger partial charge in [-0.05, 0) is 17.5 Å². The highest BCUT2D eigenvalue weighted by molar-refractivity contribution is 7.92. The number of nitro groups is 1. The lowest BCUT2D eigenvalue weighted by atomic mass is 10.1. The zero-order valence-corrected chi connectivity index (χ0v) is 14.0. The Balaban J connectivity index is 2.06. The predicted octanol–water partition coefficient (Wildman–Crippen LogP) is 3.56. The summed E-state index contributed by atoms with van der Waals surface area (Å²) in [4.78, 5) is 10.1. The summed E-state index contributed by atoms with van der Waals surface area (Å²) in [6.45, 7) is 0. The Bertz CT molecular complexity index is 1060. The number of nitro benzene ring substituents is 1. The first-order chi connectivity index (χ1) is 11.9. The molecule has 0 fully saturated rings. The molecule has 0 heterocycles. The predicted molar refractivity (Wildman–Crippen MR) is 94.4 cm³/mol. The molecule has 0 spiro atoms. The molecule has 0 atom stereocenters. The molecule has 128 valence electrons. The van der Waals surface area contributed by atoms with E-state index in [4.69, 9.17) is 4.74 Å². The van der Waals surface area contributed by atoms with Crippen LogP contribution in [0, 0.1) is 10.1 Å². The van der Waals surface area contributed by atoms with Gasteiger partial charge in [0.2, 0.25) is 0 Å². The molecule has 0 radical (unpaired) electrons. The molecule has 0 aliphatic rings. The molecule has 8 heteroatoms. The third-order valence-electron chi connectivity index (χ3n) is 3.68. The molecule has 0 aliphatic heterocycles. The summed E-state index contributed by atoms with van der Waals surface area (Å²) < 4.78 is 33.0. The van der Waals surface area contributed by atoms with E-state index < -0.39 is 14.9 Å². The van der Waals surface area contributed by atoms with Crippen molar-refractivity contribution in [3.05, 3.63) is 70.8 Å². The van der Waals surface area contributed by atoms with Gasteiger partial charge >= 0.3 is 0 Å². The van der Waals surface area contributed by atoms with Crippen molar-refractivity contribution in [1.82, 2.24) is 0 Å².